The highest BCUT2D eigenvalue weighted by Crippen LogP contribution is 2.37. The molecule has 94 valence electrons. The Morgan fingerprint density at radius 3 is 2.94 bits per heavy atom. The maximum Gasteiger partial charge on any atom is 0.150 e. The first kappa shape index (κ1) is 11.5. The van der Waals surface area contributed by atoms with E-state index < -0.39 is 0 Å². The average Bonchev–Trinajstić information content (AvgIpc) is 2.46. The van der Waals surface area contributed by atoms with Crippen LogP contribution in [-0.2, 0) is 0 Å². The maximum atomic E-state index is 9.19. The van der Waals surface area contributed by atoms with E-state index in [1.54, 1.807) is 12.5 Å². The van der Waals surface area contributed by atoms with Crippen LogP contribution in [0.5, 0.6) is 0 Å². The number of anilines is 1. The topological polar surface area (TPSA) is 52.8 Å². The third kappa shape index (κ3) is 1.94. The number of aromatic nitrogens is 2. The first-order valence-corrected chi connectivity index (χ1v) is 6.87. The molecule has 1 saturated carbocycles. The Morgan fingerprint density at radius 2 is 2.06 bits per heavy atom. The normalized spacial score (nSPS) is 27.4. The molecule has 1 aliphatic carbocycles. The van der Waals surface area contributed by atoms with Crippen LogP contribution in [0.1, 0.15) is 44.1 Å². The lowest BCUT2D eigenvalue weighted by Crippen LogP contribution is -2.47. The zero-order chi connectivity index (χ0) is 12.4. The molecule has 0 spiro atoms. The molecule has 0 aromatic carbocycles. The molecule has 0 N–H and O–H groups in total. The fourth-order valence-corrected chi connectivity index (χ4v) is 3.52. The summed E-state index contributed by atoms with van der Waals surface area (Å²) in [7, 11) is 0. The molecular formula is C14H18N4. The van der Waals surface area contributed by atoms with Crippen LogP contribution in [0.3, 0.4) is 0 Å². The summed E-state index contributed by atoms with van der Waals surface area (Å²) < 4.78 is 0. The molecule has 2 fully saturated rings. The summed E-state index contributed by atoms with van der Waals surface area (Å²) in [6.07, 6.45) is 11.0. The van der Waals surface area contributed by atoms with E-state index in [-0.39, 0.29) is 0 Å². The zero-order valence-electron chi connectivity index (χ0n) is 10.5. The molecule has 1 aliphatic heterocycles. The van der Waals surface area contributed by atoms with Gasteiger partial charge in [-0.3, -0.25) is 0 Å². The Balaban J connectivity index is 1.92. The van der Waals surface area contributed by atoms with Gasteiger partial charge in [0, 0.05) is 12.6 Å². The molecule has 0 bridgehead atoms. The first-order valence-electron chi connectivity index (χ1n) is 6.87. The molecule has 2 heterocycles. The van der Waals surface area contributed by atoms with Gasteiger partial charge in [-0.05, 0) is 31.6 Å². The lowest BCUT2D eigenvalue weighted by atomic mass is 9.78. The molecule has 2 aliphatic rings. The summed E-state index contributed by atoms with van der Waals surface area (Å²) >= 11 is 0. The van der Waals surface area contributed by atoms with Gasteiger partial charge in [0.05, 0.1) is 6.20 Å². The number of rotatable bonds is 1. The average molecular weight is 242 g/mol. The van der Waals surface area contributed by atoms with Gasteiger partial charge in [-0.15, -0.1) is 0 Å². The van der Waals surface area contributed by atoms with Crippen LogP contribution < -0.4 is 4.90 Å². The highest BCUT2D eigenvalue weighted by molar-refractivity contribution is 5.53. The van der Waals surface area contributed by atoms with Gasteiger partial charge in [-0.2, -0.15) is 5.26 Å². The maximum absolute atomic E-state index is 9.19. The van der Waals surface area contributed by atoms with Crippen LogP contribution in [-0.4, -0.2) is 22.6 Å². The van der Waals surface area contributed by atoms with Crippen molar-refractivity contribution in [2.45, 2.75) is 44.6 Å². The minimum Gasteiger partial charge on any atom is -0.352 e. The fourth-order valence-electron chi connectivity index (χ4n) is 3.52. The van der Waals surface area contributed by atoms with E-state index >= 15 is 0 Å². The molecule has 3 rings (SSSR count). The summed E-state index contributed by atoms with van der Waals surface area (Å²) in [6.45, 7) is 1.03. The molecule has 4 nitrogen and oxygen atoms in total. The predicted molar refractivity (Wildman–Crippen MR) is 69.1 cm³/mol. The van der Waals surface area contributed by atoms with E-state index in [1.807, 2.05) is 0 Å². The summed E-state index contributed by atoms with van der Waals surface area (Å²) in [5.74, 6) is 1.65. The van der Waals surface area contributed by atoms with Gasteiger partial charge in [0.1, 0.15) is 23.8 Å². The van der Waals surface area contributed by atoms with Crippen molar-refractivity contribution in [3.63, 3.8) is 0 Å². The lowest BCUT2D eigenvalue weighted by Gasteiger charge is -2.44. The largest absolute Gasteiger partial charge is 0.352 e. The van der Waals surface area contributed by atoms with E-state index in [1.165, 1.54) is 38.5 Å². The van der Waals surface area contributed by atoms with Crippen LogP contribution >= 0.6 is 0 Å². The Labute approximate surface area is 108 Å². The molecular weight excluding hydrogens is 224 g/mol. The van der Waals surface area contributed by atoms with E-state index in [0.29, 0.717) is 11.6 Å². The molecule has 1 aromatic rings. The van der Waals surface area contributed by atoms with Crippen LogP contribution in [0, 0.1) is 17.2 Å². The molecule has 2 atom stereocenters. The third-order valence-corrected chi connectivity index (χ3v) is 4.33. The van der Waals surface area contributed by atoms with Crippen LogP contribution in [0.25, 0.3) is 0 Å². The predicted octanol–water partition coefficient (Wildman–Crippen LogP) is 2.51. The monoisotopic (exact) mass is 242 g/mol. The van der Waals surface area contributed by atoms with Gasteiger partial charge in [0.25, 0.3) is 0 Å². The number of hydrogen-bond donors (Lipinski definition) is 0. The Bertz CT molecular complexity index is 463. The van der Waals surface area contributed by atoms with E-state index in [0.717, 1.165) is 18.3 Å². The molecule has 1 saturated heterocycles. The molecule has 4 heteroatoms. The molecule has 1 aromatic heterocycles. The highest BCUT2D eigenvalue weighted by Gasteiger charge is 2.34. The summed E-state index contributed by atoms with van der Waals surface area (Å²) in [6, 6.07) is 2.81. The van der Waals surface area contributed by atoms with Crippen LogP contribution in [0.2, 0.25) is 0 Å². The first-order chi connectivity index (χ1) is 8.90. The quantitative estimate of drug-likeness (QED) is 0.759. The number of nitrogens with zero attached hydrogens (tertiary/aromatic N) is 4. The lowest BCUT2D eigenvalue weighted by molar-refractivity contribution is 0.242. The smallest absolute Gasteiger partial charge is 0.150 e. The van der Waals surface area contributed by atoms with E-state index in [9.17, 15) is 5.26 Å². The fraction of sp³-hybridized carbons (Fsp3) is 0.643. The van der Waals surface area contributed by atoms with E-state index in [4.69, 9.17) is 0 Å². The van der Waals surface area contributed by atoms with Gasteiger partial charge in [0.2, 0.25) is 0 Å². The Morgan fingerprint density at radius 1 is 1.22 bits per heavy atom. The summed E-state index contributed by atoms with van der Waals surface area (Å²) in [5.41, 5.74) is 0.615. The van der Waals surface area contributed by atoms with Crippen LogP contribution in [0.15, 0.2) is 12.5 Å². The van der Waals surface area contributed by atoms with Crippen molar-refractivity contribution in [3.8, 4) is 6.07 Å². The zero-order valence-corrected chi connectivity index (χ0v) is 10.5. The highest BCUT2D eigenvalue weighted by atomic mass is 15.2. The molecule has 2 unspecified atom stereocenters. The molecule has 0 radical (unpaired) electrons. The number of nitriles is 1. The number of hydrogen-bond acceptors (Lipinski definition) is 4. The third-order valence-electron chi connectivity index (χ3n) is 4.33. The van der Waals surface area contributed by atoms with Gasteiger partial charge < -0.3 is 4.90 Å². The Hall–Kier alpha value is -1.63. The standard InChI is InChI=1S/C14H18N4/c15-8-12-9-16-10-17-14(12)18-7-3-5-11-4-1-2-6-13(11)18/h9-11,13H,1-7H2. The van der Waals surface area contributed by atoms with Gasteiger partial charge in [0.15, 0.2) is 0 Å². The van der Waals surface area contributed by atoms with Gasteiger partial charge in [-0.1, -0.05) is 12.8 Å². The van der Waals surface area contributed by atoms with Crippen LogP contribution in [0.4, 0.5) is 5.82 Å². The SMILES string of the molecule is N#Cc1cncnc1N1CCCC2CCCCC21. The summed E-state index contributed by atoms with van der Waals surface area (Å²) in [5, 5.41) is 9.19. The van der Waals surface area contributed by atoms with Gasteiger partial charge in [-0.25, -0.2) is 9.97 Å². The summed E-state index contributed by atoms with van der Waals surface area (Å²) in [4.78, 5) is 10.7. The van der Waals surface area contributed by atoms with Crippen molar-refractivity contribution in [1.29, 1.82) is 5.26 Å². The number of fused-ring (bicyclic) bond motifs is 1. The molecule has 0 amide bonds. The second-order valence-electron chi connectivity index (χ2n) is 5.32. The van der Waals surface area contributed by atoms with Gasteiger partial charge >= 0.3 is 0 Å². The van der Waals surface area contributed by atoms with Crippen molar-refractivity contribution in [1.82, 2.24) is 9.97 Å². The molecule has 18 heavy (non-hydrogen) atoms. The van der Waals surface area contributed by atoms with Crippen molar-refractivity contribution in [3.05, 3.63) is 18.1 Å². The second kappa shape index (κ2) is 4.93. The van der Waals surface area contributed by atoms with Crippen molar-refractivity contribution in [2.24, 2.45) is 5.92 Å². The number of piperidine rings is 1. The second-order valence-corrected chi connectivity index (χ2v) is 5.32. The van der Waals surface area contributed by atoms with Crippen molar-refractivity contribution in [2.75, 3.05) is 11.4 Å². The minimum atomic E-state index is 0.592. The minimum absolute atomic E-state index is 0.592. The van der Waals surface area contributed by atoms with E-state index in [2.05, 4.69) is 20.9 Å². The van der Waals surface area contributed by atoms with Crippen molar-refractivity contribution < 1.29 is 0 Å². The Kier molecular flexibility index (Phi) is 3.14. The van der Waals surface area contributed by atoms with Crippen molar-refractivity contribution >= 4 is 5.82 Å².